The largest absolute Gasteiger partial charge is 0.353 e. The number of hydrogen-bond acceptors (Lipinski definition) is 7. The second-order valence-electron chi connectivity index (χ2n) is 23.8. The van der Waals surface area contributed by atoms with Gasteiger partial charge in [0.2, 0.25) is 0 Å². The molecule has 2 unspecified atom stereocenters. The lowest BCUT2D eigenvalue weighted by atomic mass is 10.1. The van der Waals surface area contributed by atoms with Gasteiger partial charge in [-0.05, 0) is 102 Å². The first kappa shape index (κ1) is 78.2. The highest BCUT2D eigenvalue weighted by molar-refractivity contribution is 4.90. The molecule has 7 heteroatoms. The molecule has 0 aliphatic rings. The monoisotopic (exact) mass is 1120 g/mol. The lowest BCUT2D eigenvalue weighted by Crippen LogP contribution is -2.25. The summed E-state index contributed by atoms with van der Waals surface area (Å²) in [5, 5.41) is 0. The summed E-state index contributed by atoms with van der Waals surface area (Å²) in [6.07, 6.45) is 73.0. The van der Waals surface area contributed by atoms with Crippen molar-refractivity contribution in [3.05, 3.63) is 24.3 Å². The maximum atomic E-state index is 6.72. The third-order valence-corrected chi connectivity index (χ3v) is 15.7. The van der Waals surface area contributed by atoms with Crippen LogP contribution in [0.25, 0.3) is 0 Å². The van der Waals surface area contributed by atoms with Gasteiger partial charge in [-0.25, -0.2) is 0 Å². The average Bonchev–Trinajstić information content (AvgIpc) is 3.45. The van der Waals surface area contributed by atoms with Crippen molar-refractivity contribution >= 4 is 0 Å². The number of allylic oxidation sites excluding steroid dienone is 2. The first-order chi connectivity index (χ1) is 39.1. The quantitative estimate of drug-likeness (QED) is 0.0342. The fraction of sp³-hybridized carbons (Fsp3) is 0.944. The zero-order valence-electron chi connectivity index (χ0n) is 54.5. The molecule has 2 atom stereocenters. The highest BCUT2D eigenvalue weighted by Crippen LogP contribution is 2.19. The van der Waals surface area contributed by atoms with E-state index in [1.807, 2.05) is 0 Å². The number of unbranched alkanes of at least 4 members (excludes halogenated alkanes) is 42. The Labute approximate surface area is 495 Å². The zero-order chi connectivity index (χ0) is 57.1. The normalized spacial score (nSPS) is 13.0. The van der Waals surface area contributed by atoms with Crippen LogP contribution in [-0.4, -0.2) is 64.8 Å². The van der Waals surface area contributed by atoms with Crippen LogP contribution >= 0.6 is 0 Å². The Kier molecular flexibility index (Phi) is 69.0. The summed E-state index contributed by atoms with van der Waals surface area (Å²) in [6, 6.07) is 0. The van der Waals surface area contributed by atoms with Crippen molar-refractivity contribution in [3.8, 4) is 0 Å². The fourth-order valence-corrected chi connectivity index (χ4v) is 10.4. The average molecular weight is 1120 g/mol. The van der Waals surface area contributed by atoms with E-state index >= 15 is 0 Å². The minimum atomic E-state index is -0.440. The summed E-state index contributed by atoms with van der Waals surface area (Å²) in [4.78, 5) is 0. The summed E-state index contributed by atoms with van der Waals surface area (Å²) < 4.78 is 45.4. The Morgan fingerprint density at radius 1 is 0.215 bits per heavy atom. The van der Waals surface area contributed by atoms with Crippen LogP contribution in [0.1, 0.15) is 375 Å². The van der Waals surface area contributed by atoms with Crippen LogP contribution in [0.4, 0.5) is 0 Å². The topological polar surface area (TPSA) is 64.6 Å². The van der Waals surface area contributed by atoms with Crippen molar-refractivity contribution in [1.82, 2.24) is 0 Å². The van der Waals surface area contributed by atoms with E-state index in [9.17, 15) is 0 Å². The van der Waals surface area contributed by atoms with Gasteiger partial charge in [0.05, 0.1) is 13.2 Å². The second kappa shape index (κ2) is 69.7. The Bertz CT molecular complexity index is 1020. The summed E-state index contributed by atoms with van der Waals surface area (Å²) in [7, 11) is 0. The standard InChI is InChI=1S/C72H142O7/c1-7-13-19-25-31-35-45-53-63-73-69(74-64-54-46-36-32-26-20-14-8-2)59-49-39-41-51-61-71(77-67-57-43-29-23-17-11-5)79-72(78-68-58-44-30-24-18-12-6)62-52-42-40-50-60-70(75-65-55-47-37-33-27-21-15-9-3)76-66-56-48-38-34-28-22-16-10-4/h51-52,61-62,69-72H,7-50,53-60,63-68H2,1-6H3. The molecule has 0 saturated heterocycles. The van der Waals surface area contributed by atoms with Gasteiger partial charge in [-0.2, -0.15) is 0 Å². The van der Waals surface area contributed by atoms with Gasteiger partial charge in [0.1, 0.15) is 0 Å². The third kappa shape index (κ3) is 63.1. The van der Waals surface area contributed by atoms with E-state index in [0.717, 1.165) is 116 Å². The molecule has 0 spiro atoms. The fourth-order valence-electron chi connectivity index (χ4n) is 10.4. The van der Waals surface area contributed by atoms with Gasteiger partial charge in [0, 0.05) is 26.4 Å². The van der Waals surface area contributed by atoms with E-state index in [-0.39, 0.29) is 12.6 Å². The number of rotatable bonds is 70. The van der Waals surface area contributed by atoms with Gasteiger partial charge in [0.15, 0.2) is 25.2 Å². The van der Waals surface area contributed by atoms with Crippen LogP contribution in [0.2, 0.25) is 0 Å². The highest BCUT2D eigenvalue weighted by atomic mass is 16.8. The van der Waals surface area contributed by atoms with Crippen molar-refractivity contribution in [1.29, 1.82) is 0 Å². The molecule has 0 aromatic carbocycles. The minimum absolute atomic E-state index is 0.0941. The van der Waals surface area contributed by atoms with Crippen LogP contribution in [-0.2, 0) is 33.2 Å². The predicted molar refractivity (Wildman–Crippen MR) is 344 cm³/mol. The molecule has 0 N–H and O–H groups in total. The Hall–Kier alpha value is -0.800. The van der Waals surface area contributed by atoms with Crippen LogP contribution in [0.15, 0.2) is 24.3 Å². The molecule has 0 fully saturated rings. The molecule has 0 amide bonds. The Balaban J connectivity index is 5.58. The molecule has 0 radical (unpaired) electrons. The molecule has 0 heterocycles. The van der Waals surface area contributed by atoms with E-state index in [0.29, 0.717) is 13.2 Å². The predicted octanol–water partition coefficient (Wildman–Crippen LogP) is 23.9. The SMILES string of the molecule is CCCCCCCCCCOC(CCCCC=CC(OCCCCCCCC)OC(C=CCCCCC(OCCCCCCCCCC)OCCCCCCCCCC)OCCCCCCCC)OCCCCCCCCCC. The van der Waals surface area contributed by atoms with Crippen molar-refractivity contribution in [2.45, 2.75) is 401 Å². The van der Waals surface area contributed by atoms with Crippen LogP contribution in [0.5, 0.6) is 0 Å². The summed E-state index contributed by atoms with van der Waals surface area (Å²) in [5.74, 6) is 0. The molecule has 7 nitrogen and oxygen atoms in total. The maximum Gasteiger partial charge on any atom is 0.180 e. The molecule has 79 heavy (non-hydrogen) atoms. The minimum Gasteiger partial charge on any atom is -0.353 e. The number of hydrogen-bond donors (Lipinski definition) is 0. The lowest BCUT2D eigenvalue weighted by molar-refractivity contribution is -0.208. The molecule has 0 aromatic rings. The summed E-state index contributed by atoms with van der Waals surface area (Å²) in [5.41, 5.74) is 0. The Morgan fingerprint density at radius 2 is 0.418 bits per heavy atom. The maximum absolute atomic E-state index is 6.72. The molecule has 0 saturated carbocycles. The van der Waals surface area contributed by atoms with Crippen molar-refractivity contribution in [3.63, 3.8) is 0 Å². The van der Waals surface area contributed by atoms with E-state index < -0.39 is 12.6 Å². The first-order valence-corrected chi connectivity index (χ1v) is 35.8. The molecular formula is C72H142O7. The molecule has 0 aromatic heterocycles. The molecule has 0 rings (SSSR count). The van der Waals surface area contributed by atoms with Gasteiger partial charge >= 0.3 is 0 Å². The van der Waals surface area contributed by atoms with Crippen molar-refractivity contribution in [2.24, 2.45) is 0 Å². The molecular weight excluding hydrogens is 977 g/mol. The zero-order valence-corrected chi connectivity index (χ0v) is 54.5. The lowest BCUT2D eigenvalue weighted by Gasteiger charge is -2.22. The smallest absolute Gasteiger partial charge is 0.180 e. The van der Waals surface area contributed by atoms with E-state index in [2.05, 4.69) is 65.8 Å². The second-order valence-corrected chi connectivity index (χ2v) is 23.8. The van der Waals surface area contributed by atoms with Gasteiger partial charge in [-0.1, -0.05) is 298 Å². The highest BCUT2D eigenvalue weighted by Gasteiger charge is 2.15. The summed E-state index contributed by atoms with van der Waals surface area (Å²) >= 11 is 0. The van der Waals surface area contributed by atoms with Gasteiger partial charge < -0.3 is 33.2 Å². The molecule has 0 aliphatic carbocycles. The van der Waals surface area contributed by atoms with E-state index in [4.69, 9.17) is 33.2 Å². The van der Waals surface area contributed by atoms with E-state index in [1.165, 1.54) is 244 Å². The van der Waals surface area contributed by atoms with Gasteiger partial charge in [-0.15, -0.1) is 0 Å². The Morgan fingerprint density at radius 3 is 0.646 bits per heavy atom. The third-order valence-electron chi connectivity index (χ3n) is 15.7. The van der Waals surface area contributed by atoms with Crippen molar-refractivity contribution < 1.29 is 33.2 Å². The molecule has 0 aliphatic heterocycles. The summed E-state index contributed by atoms with van der Waals surface area (Å²) in [6.45, 7) is 18.4. The number of ether oxygens (including phenoxy) is 7. The molecule has 0 bridgehead atoms. The van der Waals surface area contributed by atoms with Gasteiger partial charge in [0.25, 0.3) is 0 Å². The molecule has 472 valence electrons. The first-order valence-electron chi connectivity index (χ1n) is 35.8. The van der Waals surface area contributed by atoms with Crippen LogP contribution in [0, 0.1) is 0 Å². The van der Waals surface area contributed by atoms with Crippen LogP contribution in [0.3, 0.4) is 0 Å². The van der Waals surface area contributed by atoms with E-state index in [1.54, 1.807) is 0 Å². The van der Waals surface area contributed by atoms with Gasteiger partial charge in [-0.3, -0.25) is 0 Å². The van der Waals surface area contributed by atoms with Crippen LogP contribution < -0.4 is 0 Å². The van der Waals surface area contributed by atoms with Crippen molar-refractivity contribution in [2.75, 3.05) is 39.6 Å².